The molecule has 0 aromatic heterocycles. The summed E-state index contributed by atoms with van der Waals surface area (Å²) in [6.07, 6.45) is 0. The van der Waals surface area contributed by atoms with Gasteiger partial charge in [0, 0.05) is 12.1 Å². The normalized spacial score (nSPS) is 10.0. The second kappa shape index (κ2) is 6.32. The molecule has 0 heterocycles. The molecule has 0 radical (unpaired) electrons. The fourth-order valence-corrected chi connectivity index (χ4v) is 2.14. The Morgan fingerprint density at radius 2 is 1.90 bits per heavy atom. The lowest BCUT2D eigenvalue weighted by Gasteiger charge is -2.13. The number of ether oxygens (including phenoxy) is 1. The minimum Gasteiger partial charge on any atom is -0.495 e. The number of hydrogen-bond donors (Lipinski definition) is 2. The summed E-state index contributed by atoms with van der Waals surface area (Å²) in [7, 11) is 3.15. The number of methoxy groups -OCH3 is 1. The van der Waals surface area contributed by atoms with E-state index in [1.165, 1.54) is 7.11 Å². The summed E-state index contributed by atoms with van der Waals surface area (Å²) >= 11 is 5.96. The molecule has 0 saturated carbocycles. The standard InChI is InChI=1S/C14H14ClN3O3/c1-16-10-4-3-5-11(14(10)18(19)20)17-12-8-9(15)6-7-13(12)21-2/h3-8,16-17H,1-2H3. The van der Waals surface area contributed by atoms with Crippen molar-refractivity contribution in [2.75, 3.05) is 24.8 Å². The van der Waals surface area contributed by atoms with Gasteiger partial charge in [-0.05, 0) is 30.3 Å². The maximum atomic E-state index is 11.3. The number of hydrogen-bond acceptors (Lipinski definition) is 5. The van der Waals surface area contributed by atoms with Gasteiger partial charge in [0.15, 0.2) is 0 Å². The number of halogens is 1. The van der Waals surface area contributed by atoms with Gasteiger partial charge >= 0.3 is 5.69 Å². The summed E-state index contributed by atoms with van der Waals surface area (Å²) in [5.41, 5.74) is 1.29. The lowest BCUT2D eigenvalue weighted by atomic mass is 10.2. The van der Waals surface area contributed by atoms with Gasteiger partial charge in [-0.3, -0.25) is 10.1 Å². The van der Waals surface area contributed by atoms with E-state index in [0.717, 1.165) is 0 Å². The SMILES string of the molecule is CNc1cccc(Nc2cc(Cl)ccc2OC)c1[N+](=O)[O-]. The van der Waals surface area contributed by atoms with Crippen molar-refractivity contribution in [3.63, 3.8) is 0 Å². The molecule has 2 aromatic carbocycles. The van der Waals surface area contributed by atoms with Gasteiger partial charge in [0.05, 0.1) is 17.7 Å². The number of benzene rings is 2. The van der Waals surface area contributed by atoms with Crippen molar-refractivity contribution in [2.45, 2.75) is 0 Å². The van der Waals surface area contributed by atoms with Crippen LogP contribution >= 0.6 is 11.6 Å². The van der Waals surface area contributed by atoms with E-state index in [-0.39, 0.29) is 5.69 Å². The van der Waals surface area contributed by atoms with E-state index < -0.39 is 4.92 Å². The Kier molecular flexibility index (Phi) is 4.49. The molecular weight excluding hydrogens is 294 g/mol. The summed E-state index contributed by atoms with van der Waals surface area (Å²) < 4.78 is 5.22. The summed E-state index contributed by atoms with van der Waals surface area (Å²) in [4.78, 5) is 10.8. The van der Waals surface area contributed by atoms with Crippen molar-refractivity contribution >= 4 is 34.4 Å². The quantitative estimate of drug-likeness (QED) is 0.644. The largest absolute Gasteiger partial charge is 0.495 e. The van der Waals surface area contributed by atoms with Gasteiger partial charge in [-0.25, -0.2) is 0 Å². The fraction of sp³-hybridized carbons (Fsp3) is 0.143. The van der Waals surface area contributed by atoms with Crippen molar-refractivity contribution in [1.29, 1.82) is 0 Å². The molecule has 0 bridgehead atoms. The van der Waals surface area contributed by atoms with Gasteiger partial charge in [0.1, 0.15) is 17.1 Å². The van der Waals surface area contributed by atoms with Gasteiger partial charge in [-0.15, -0.1) is 0 Å². The van der Waals surface area contributed by atoms with Crippen LogP contribution < -0.4 is 15.4 Å². The molecule has 0 aliphatic carbocycles. The van der Waals surface area contributed by atoms with Crippen LogP contribution in [0.1, 0.15) is 0 Å². The molecule has 2 aromatic rings. The lowest BCUT2D eigenvalue weighted by molar-refractivity contribution is -0.383. The number of rotatable bonds is 5. The zero-order valence-electron chi connectivity index (χ0n) is 11.5. The van der Waals surface area contributed by atoms with Crippen LogP contribution in [-0.4, -0.2) is 19.1 Å². The Morgan fingerprint density at radius 3 is 2.52 bits per heavy atom. The third kappa shape index (κ3) is 3.17. The topological polar surface area (TPSA) is 76.4 Å². The van der Waals surface area contributed by atoms with Crippen molar-refractivity contribution < 1.29 is 9.66 Å². The zero-order valence-corrected chi connectivity index (χ0v) is 12.3. The molecule has 6 nitrogen and oxygen atoms in total. The summed E-state index contributed by atoms with van der Waals surface area (Å²) in [6.45, 7) is 0. The van der Waals surface area contributed by atoms with E-state index in [0.29, 0.717) is 27.8 Å². The predicted molar refractivity (Wildman–Crippen MR) is 83.9 cm³/mol. The maximum absolute atomic E-state index is 11.3. The molecule has 21 heavy (non-hydrogen) atoms. The Balaban J connectivity index is 2.49. The van der Waals surface area contributed by atoms with Crippen LogP contribution in [0.25, 0.3) is 0 Å². The molecule has 0 aliphatic heterocycles. The molecule has 0 unspecified atom stereocenters. The van der Waals surface area contributed by atoms with Crippen LogP contribution in [-0.2, 0) is 0 Å². The number of nitro groups is 1. The summed E-state index contributed by atoms with van der Waals surface area (Å²) in [5, 5.41) is 17.6. The second-order valence-corrected chi connectivity index (χ2v) is 4.61. The molecule has 110 valence electrons. The Hall–Kier alpha value is -2.47. The Labute approximate surface area is 126 Å². The molecule has 0 fully saturated rings. The van der Waals surface area contributed by atoms with E-state index in [1.54, 1.807) is 43.4 Å². The highest BCUT2D eigenvalue weighted by atomic mass is 35.5. The summed E-state index contributed by atoms with van der Waals surface area (Å²) in [5.74, 6) is 0.545. The number of nitrogens with one attached hydrogen (secondary N) is 2. The molecule has 2 N–H and O–H groups in total. The Morgan fingerprint density at radius 1 is 1.19 bits per heavy atom. The minimum absolute atomic E-state index is 0.0398. The molecular formula is C14H14ClN3O3. The van der Waals surface area contributed by atoms with Gasteiger partial charge in [-0.1, -0.05) is 17.7 Å². The van der Waals surface area contributed by atoms with E-state index in [2.05, 4.69) is 10.6 Å². The third-order valence-corrected chi connectivity index (χ3v) is 3.15. The number of para-hydroxylation sites is 1. The summed E-state index contributed by atoms with van der Waals surface area (Å²) in [6, 6.07) is 10.0. The van der Waals surface area contributed by atoms with Gasteiger partial charge in [-0.2, -0.15) is 0 Å². The van der Waals surface area contributed by atoms with Crippen LogP contribution in [0.3, 0.4) is 0 Å². The van der Waals surface area contributed by atoms with Gasteiger partial charge in [0.2, 0.25) is 0 Å². The number of anilines is 3. The monoisotopic (exact) mass is 307 g/mol. The van der Waals surface area contributed by atoms with E-state index in [9.17, 15) is 10.1 Å². The van der Waals surface area contributed by atoms with E-state index in [4.69, 9.17) is 16.3 Å². The molecule has 0 saturated heterocycles. The molecule has 0 amide bonds. The first kappa shape index (κ1) is 14.9. The third-order valence-electron chi connectivity index (χ3n) is 2.92. The van der Waals surface area contributed by atoms with Crippen LogP contribution in [0.2, 0.25) is 5.02 Å². The molecule has 7 heteroatoms. The van der Waals surface area contributed by atoms with Crippen LogP contribution in [0.5, 0.6) is 5.75 Å². The van der Waals surface area contributed by atoms with Gasteiger partial charge < -0.3 is 15.4 Å². The maximum Gasteiger partial charge on any atom is 0.315 e. The smallest absolute Gasteiger partial charge is 0.315 e. The zero-order chi connectivity index (χ0) is 15.4. The average molecular weight is 308 g/mol. The molecule has 0 spiro atoms. The molecule has 0 aliphatic rings. The van der Waals surface area contributed by atoms with Crippen molar-refractivity contribution in [3.05, 3.63) is 51.5 Å². The van der Waals surface area contributed by atoms with Crippen molar-refractivity contribution in [1.82, 2.24) is 0 Å². The average Bonchev–Trinajstić information content (AvgIpc) is 2.47. The number of nitro benzene ring substituents is 1. The minimum atomic E-state index is -0.439. The van der Waals surface area contributed by atoms with E-state index in [1.807, 2.05) is 0 Å². The predicted octanol–water partition coefficient (Wildman–Crippen LogP) is 4.04. The molecule has 0 atom stereocenters. The van der Waals surface area contributed by atoms with Crippen LogP contribution in [0, 0.1) is 10.1 Å². The first-order chi connectivity index (χ1) is 10.1. The first-order valence-corrected chi connectivity index (χ1v) is 6.50. The Bertz CT molecular complexity index is 677. The number of nitrogens with zero attached hydrogens (tertiary/aromatic N) is 1. The highest BCUT2D eigenvalue weighted by Crippen LogP contribution is 2.37. The highest BCUT2D eigenvalue weighted by Gasteiger charge is 2.19. The first-order valence-electron chi connectivity index (χ1n) is 6.12. The highest BCUT2D eigenvalue weighted by molar-refractivity contribution is 6.31. The van der Waals surface area contributed by atoms with Crippen LogP contribution in [0.15, 0.2) is 36.4 Å². The lowest BCUT2D eigenvalue weighted by Crippen LogP contribution is -2.02. The van der Waals surface area contributed by atoms with Crippen molar-refractivity contribution in [2.24, 2.45) is 0 Å². The fourth-order valence-electron chi connectivity index (χ4n) is 1.97. The molecule has 2 rings (SSSR count). The van der Waals surface area contributed by atoms with Gasteiger partial charge in [0.25, 0.3) is 0 Å². The van der Waals surface area contributed by atoms with Crippen molar-refractivity contribution in [3.8, 4) is 5.75 Å². The second-order valence-electron chi connectivity index (χ2n) is 4.18. The van der Waals surface area contributed by atoms with Crippen LogP contribution in [0.4, 0.5) is 22.7 Å². The van der Waals surface area contributed by atoms with E-state index >= 15 is 0 Å².